The Labute approximate surface area is 117 Å². The van der Waals surface area contributed by atoms with Gasteiger partial charge in [0.15, 0.2) is 0 Å². The fourth-order valence-corrected chi connectivity index (χ4v) is 2.30. The van der Waals surface area contributed by atoms with Crippen molar-refractivity contribution in [3.63, 3.8) is 0 Å². The number of aromatic nitrogens is 4. The standard InChI is InChI=1S/C13H18N4OS/c1-13(2,3)10-5-4-6-11(9-10)17-12(14-15-16-17)19-8-7-18/h4-6,9,18H,7-8H2,1-3H3. The summed E-state index contributed by atoms with van der Waals surface area (Å²) in [6.07, 6.45) is 0. The van der Waals surface area contributed by atoms with Crippen molar-refractivity contribution < 1.29 is 5.11 Å². The molecule has 0 saturated carbocycles. The number of hydrogen-bond acceptors (Lipinski definition) is 5. The Bertz CT molecular complexity index is 548. The van der Waals surface area contributed by atoms with Gasteiger partial charge in [-0.2, -0.15) is 4.68 Å². The molecule has 0 radical (unpaired) electrons. The normalized spacial score (nSPS) is 11.8. The molecule has 0 aliphatic heterocycles. The van der Waals surface area contributed by atoms with E-state index in [1.807, 2.05) is 12.1 Å². The highest BCUT2D eigenvalue weighted by molar-refractivity contribution is 7.99. The third-order valence-electron chi connectivity index (χ3n) is 2.72. The summed E-state index contributed by atoms with van der Waals surface area (Å²) >= 11 is 1.44. The summed E-state index contributed by atoms with van der Waals surface area (Å²) in [5.74, 6) is 0.583. The molecule has 0 aliphatic carbocycles. The maximum atomic E-state index is 8.88. The van der Waals surface area contributed by atoms with Gasteiger partial charge in [0.05, 0.1) is 12.3 Å². The molecule has 0 amide bonds. The van der Waals surface area contributed by atoms with Gasteiger partial charge < -0.3 is 5.11 Å². The SMILES string of the molecule is CC(C)(C)c1cccc(-n2nnnc2SCCO)c1. The molecule has 102 valence electrons. The monoisotopic (exact) mass is 278 g/mol. The summed E-state index contributed by atoms with van der Waals surface area (Å²) < 4.78 is 1.70. The van der Waals surface area contributed by atoms with E-state index in [-0.39, 0.29) is 12.0 Å². The minimum Gasteiger partial charge on any atom is -0.396 e. The van der Waals surface area contributed by atoms with Crippen LogP contribution in [0.2, 0.25) is 0 Å². The molecule has 0 bridgehead atoms. The van der Waals surface area contributed by atoms with Crippen LogP contribution in [0, 0.1) is 0 Å². The molecule has 0 spiro atoms. The van der Waals surface area contributed by atoms with E-state index >= 15 is 0 Å². The minimum atomic E-state index is 0.0857. The molecule has 1 aromatic heterocycles. The number of rotatable bonds is 4. The van der Waals surface area contributed by atoms with Gasteiger partial charge >= 0.3 is 0 Å². The lowest BCUT2D eigenvalue weighted by atomic mass is 9.87. The molecule has 1 aromatic carbocycles. The first-order valence-corrected chi connectivity index (χ1v) is 7.14. The van der Waals surface area contributed by atoms with E-state index in [0.29, 0.717) is 10.9 Å². The Morgan fingerprint density at radius 1 is 1.32 bits per heavy atom. The van der Waals surface area contributed by atoms with E-state index in [0.717, 1.165) is 5.69 Å². The van der Waals surface area contributed by atoms with Gasteiger partial charge in [0, 0.05) is 5.75 Å². The van der Waals surface area contributed by atoms with Crippen molar-refractivity contribution in [2.75, 3.05) is 12.4 Å². The number of tetrazole rings is 1. The number of thioether (sulfide) groups is 1. The Morgan fingerprint density at radius 2 is 2.11 bits per heavy atom. The summed E-state index contributed by atoms with van der Waals surface area (Å²) in [4.78, 5) is 0. The lowest BCUT2D eigenvalue weighted by molar-refractivity contribution is 0.322. The molecule has 0 saturated heterocycles. The topological polar surface area (TPSA) is 63.8 Å². The third kappa shape index (κ3) is 3.33. The first-order valence-electron chi connectivity index (χ1n) is 6.15. The average molecular weight is 278 g/mol. The second-order valence-corrected chi connectivity index (χ2v) is 6.31. The Hall–Kier alpha value is -1.40. The van der Waals surface area contributed by atoms with Crippen molar-refractivity contribution in [1.29, 1.82) is 0 Å². The lowest BCUT2D eigenvalue weighted by Crippen LogP contribution is -2.12. The summed E-state index contributed by atoms with van der Waals surface area (Å²) in [7, 11) is 0. The predicted molar refractivity (Wildman–Crippen MR) is 75.7 cm³/mol. The summed E-state index contributed by atoms with van der Waals surface area (Å²) in [5.41, 5.74) is 2.26. The van der Waals surface area contributed by atoms with Crippen LogP contribution in [0.5, 0.6) is 0 Å². The molecule has 1 heterocycles. The van der Waals surface area contributed by atoms with E-state index in [4.69, 9.17) is 5.11 Å². The van der Waals surface area contributed by atoms with Crippen molar-refractivity contribution in [3.8, 4) is 5.69 Å². The third-order valence-corrected chi connectivity index (χ3v) is 3.62. The van der Waals surface area contributed by atoms with Crippen LogP contribution >= 0.6 is 11.8 Å². The second kappa shape index (κ2) is 5.71. The van der Waals surface area contributed by atoms with Gasteiger partial charge in [-0.1, -0.05) is 44.7 Å². The van der Waals surface area contributed by atoms with Gasteiger partial charge in [-0.05, 0) is 33.5 Å². The number of aliphatic hydroxyl groups excluding tert-OH is 1. The summed E-state index contributed by atoms with van der Waals surface area (Å²) in [6, 6.07) is 8.19. The first-order chi connectivity index (χ1) is 9.02. The summed E-state index contributed by atoms with van der Waals surface area (Å²) in [6.45, 7) is 6.63. The highest BCUT2D eigenvalue weighted by atomic mass is 32.2. The van der Waals surface area contributed by atoms with Crippen LogP contribution in [-0.2, 0) is 5.41 Å². The van der Waals surface area contributed by atoms with Crippen LogP contribution in [0.1, 0.15) is 26.3 Å². The average Bonchev–Trinajstić information content (AvgIpc) is 2.83. The molecule has 6 heteroatoms. The highest BCUT2D eigenvalue weighted by Crippen LogP contribution is 2.25. The van der Waals surface area contributed by atoms with Gasteiger partial charge in [-0.3, -0.25) is 0 Å². The number of hydrogen-bond donors (Lipinski definition) is 1. The van der Waals surface area contributed by atoms with Gasteiger partial charge in [0.25, 0.3) is 0 Å². The van der Waals surface area contributed by atoms with Gasteiger partial charge in [0.2, 0.25) is 5.16 Å². The van der Waals surface area contributed by atoms with Crippen molar-refractivity contribution >= 4 is 11.8 Å². The van der Waals surface area contributed by atoms with Crippen LogP contribution in [0.4, 0.5) is 0 Å². The maximum Gasteiger partial charge on any atom is 0.214 e. The predicted octanol–water partition coefficient (Wildman–Crippen LogP) is 2.04. The van der Waals surface area contributed by atoms with E-state index in [9.17, 15) is 0 Å². The quantitative estimate of drug-likeness (QED) is 0.867. The van der Waals surface area contributed by atoms with Gasteiger partial charge in [-0.15, -0.1) is 5.10 Å². The van der Waals surface area contributed by atoms with E-state index < -0.39 is 0 Å². The van der Waals surface area contributed by atoms with E-state index in [2.05, 4.69) is 48.4 Å². The molecule has 1 N–H and O–H groups in total. The molecule has 0 atom stereocenters. The van der Waals surface area contributed by atoms with Crippen LogP contribution in [-0.4, -0.2) is 37.7 Å². The molecule has 0 aliphatic rings. The number of aliphatic hydroxyl groups is 1. The molecule has 0 fully saturated rings. The molecular formula is C13H18N4OS. The Kier molecular flexibility index (Phi) is 4.21. The first kappa shape index (κ1) is 14.0. The highest BCUT2D eigenvalue weighted by Gasteiger charge is 2.15. The number of benzene rings is 1. The largest absolute Gasteiger partial charge is 0.396 e. The van der Waals surface area contributed by atoms with Crippen molar-refractivity contribution in [2.45, 2.75) is 31.3 Å². The van der Waals surface area contributed by atoms with Crippen molar-refractivity contribution in [1.82, 2.24) is 20.2 Å². The van der Waals surface area contributed by atoms with Gasteiger partial charge in [0.1, 0.15) is 0 Å². The van der Waals surface area contributed by atoms with Crippen LogP contribution in [0.15, 0.2) is 29.4 Å². The van der Waals surface area contributed by atoms with Crippen molar-refractivity contribution in [2.24, 2.45) is 0 Å². The van der Waals surface area contributed by atoms with Crippen LogP contribution in [0.25, 0.3) is 5.69 Å². The molecule has 19 heavy (non-hydrogen) atoms. The van der Waals surface area contributed by atoms with Crippen molar-refractivity contribution in [3.05, 3.63) is 29.8 Å². The van der Waals surface area contributed by atoms with Crippen LogP contribution < -0.4 is 0 Å². The van der Waals surface area contributed by atoms with E-state index in [1.54, 1.807) is 4.68 Å². The zero-order valence-electron chi connectivity index (χ0n) is 11.4. The fraction of sp³-hybridized carbons (Fsp3) is 0.462. The van der Waals surface area contributed by atoms with Gasteiger partial charge in [-0.25, -0.2) is 0 Å². The lowest BCUT2D eigenvalue weighted by Gasteiger charge is -2.19. The second-order valence-electron chi connectivity index (χ2n) is 5.25. The maximum absolute atomic E-state index is 8.88. The minimum absolute atomic E-state index is 0.0857. The fourth-order valence-electron chi connectivity index (χ4n) is 1.67. The Morgan fingerprint density at radius 3 is 2.79 bits per heavy atom. The zero-order valence-corrected chi connectivity index (χ0v) is 12.2. The van der Waals surface area contributed by atoms with Crippen LogP contribution in [0.3, 0.4) is 0 Å². The molecule has 0 unspecified atom stereocenters. The number of nitrogens with zero attached hydrogens (tertiary/aromatic N) is 4. The molecule has 2 rings (SSSR count). The summed E-state index contributed by atoms with van der Waals surface area (Å²) in [5, 5.41) is 21.3. The zero-order chi connectivity index (χ0) is 13.9. The molecule has 2 aromatic rings. The molecular weight excluding hydrogens is 260 g/mol. The smallest absolute Gasteiger partial charge is 0.214 e. The van der Waals surface area contributed by atoms with E-state index in [1.165, 1.54) is 17.3 Å². The molecule has 5 nitrogen and oxygen atoms in total. The Balaban J connectivity index is 2.34.